The average Bonchev–Trinajstić information content (AvgIpc) is 3.03. The third-order valence-corrected chi connectivity index (χ3v) is 2.72. The number of furan rings is 1. The van der Waals surface area contributed by atoms with Gasteiger partial charge in [0.05, 0.1) is 11.8 Å². The van der Waals surface area contributed by atoms with E-state index in [1.807, 2.05) is 0 Å². The van der Waals surface area contributed by atoms with Crippen molar-refractivity contribution in [3.63, 3.8) is 0 Å². The summed E-state index contributed by atoms with van der Waals surface area (Å²) in [5, 5.41) is 4.73. The zero-order chi connectivity index (χ0) is 16.1. The lowest BCUT2D eigenvalue weighted by Crippen LogP contribution is -2.35. The van der Waals surface area contributed by atoms with Crippen LogP contribution in [-0.2, 0) is 0 Å². The van der Waals surface area contributed by atoms with E-state index in [-0.39, 0.29) is 18.8 Å². The van der Waals surface area contributed by atoms with Crippen LogP contribution in [0.1, 0.15) is 20.9 Å². The fourth-order valence-electron chi connectivity index (χ4n) is 1.64. The molecule has 0 atom stereocenters. The quantitative estimate of drug-likeness (QED) is 0.654. The van der Waals surface area contributed by atoms with Crippen LogP contribution < -0.4 is 10.6 Å². The summed E-state index contributed by atoms with van der Waals surface area (Å²) in [4.78, 5) is 23.1. The molecule has 1 aromatic carbocycles. The van der Waals surface area contributed by atoms with E-state index in [0.717, 1.165) is 6.07 Å². The second-order valence-electron chi connectivity index (χ2n) is 4.21. The van der Waals surface area contributed by atoms with E-state index in [9.17, 15) is 22.8 Å². The summed E-state index contributed by atoms with van der Waals surface area (Å²) in [5.41, 5.74) is -0.615. The van der Waals surface area contributed by atoms with E-state index in [2.05, 4.69) is 10.6 Å². The minimum absolute atomic E-state index is 0.0241. The number of hydrogen-bond acceptors (Lipinski definition) is 3. The van der Waals surface area contributed by atoms with Gasteiger partial charge in [-0.1, -0.05) is 0 Å². The molecule has 2 N–H and O–H groups in total. The largest absolute Gasteiger partial charge is 0.459 e. The van der Waals surface area contributed by atoms with Gasteiger partial charge in [-0.2, -0.15) is 0 Å². The zero-order valence-electron chi connectivity index (χ0n) is 11.2. The van der Waals surface area contributed by atoms with Gasteiger partial charge in [0.1, 0.15) is 0 Å². The molecule has 0 spiro atoms. The van der Waals surface area contributed by atoms with Crippen molar-refractivity contribution in [1.82, 2.24) is 10.6 Å². The Bertz CT molecular complexity index is 687. The second kappa shape index (κ2) is 6.79. The van der Waals surface area contributed by atoms with E-state index in [0.29, 0.717) is 6.07 Å². The van der Waals surface area contributed by atoms with E-state index >= 15 is 0 Å². The molecule has 0 fully saturated rings. The van der Waals surface area contributed by atoms with E-state index in [4.69, 9.17) is 4.42 Å². The van der Waals surface area contributed by atoms with Crippen molar-refractivity contribution in [2.75, 3.05) is 13.1 Å². The van der Waals surface area contributed by atoms with Crippen molar-refractivity contribution < 1.29 is 27.2 Å². The molecule has 0 saturated carbocycles. The minimum Gasteiger partial charge on any atom is -0.459 e. The monoisotopic (exact) mass is 312 g/mol. The van der Waals surface area contributed by atoms with Crippen LogP contribution in [0.15, 0.2) is 34.9 Å². The number of carbonyl (C=O) groups excluding carboxylic acids is 2. The average molecular weight is 312 g/mol. The molecule has 5 nitrogen and oxygen atoms in total. The van der Waals surface area contributed by atoms with Crippen molar-refractivity contribution in [1.29, 1.82) is 0 Å². The van der Waals surface area contributed by atoms with Crippen molar-refractivity contribution in [2.45, 2.75) is 0 Å². The molecule has 0 bridgehead atoms. The summed E-state index contributed by atoms with van der Waals surface area (Å²) >= 11 is 0. The highest BCUT2D eigenvalue weighted by Gasteiger charge is 2.18. The van der Waals surface area contributed by atoms with Crippen LogP contribution >= 0.6 is 0 Å². The van der Waals surface area contributed by atoms with Gasteiger partial charge in [-0.15, -0.1) is 0 Å². The number of hydrogen-bond donors (Lipinski definition) is 2. The second-order valence-corrected chi connectivity index (χ2v) is 4.21. The molecule has 0 aliphatic carbocycles. The van der Waals surface area contributed by atoms with Crippen LogP contribution in [0, 0.1) is 17.5 Å². The first-order valence-electron chi connectivity index (χ1n) is 6.24. The Morgan fingerprint density at radius 1 is 0.955 bits per heavy atom. The molecule has 1 heterocycles. The number of benzene rings is 1. The molecule has 0 saturated heterocycles. The number of amides is 2. The van der Waals surface area contributed by atoms with Crippen LogP contribution in [0.4, 0.5) is 13.2 Å². The molecule has 2 amide bonds. The molecule has 0 radical (unpaired) electrons. The van der Waals surface area contributed by atoms with Gasteiger partial charge in [-0.3, -0.25) is 9.59 Å². The number of nitrogens with one attached hydrogen (secondary N) is 2. The maximum absolute atomic E-state index is 13.4. The summed E-state index contributed by atoms with van der Waals surface area (Å²) in [6, 6.07) is 4.50. The minimum atomic E-state index is -1.71. The number of halogens is 3. The van der Waals surface area contributed by atoms with Crippen LogP contribution in [0.3, 0.4) is 0 Å². The molecule has 1 aromatic heterocycles. The predicted molar refractivity (Wildman–Crippen MR) is 69.7 cm³/mol. The van der Waals surface area contributed by atoms with Gasteiger partial charge >= 0.3 is 0 Å². The molecular weight excluding hydrogens is 301 g/mol. The normalized spacial score (nSPS) is 10.3. The molecule has 0 aliphatic heterocycles. The van der Waals surface area contributed by atoms with Crippen LogP contribution in [0.5, 0.6) is 0 Å². The molecule has 2 rings (SSSR count). The highest BCUT2D eigenvalue weighted by Crippen LogP contribution is 2.14. The fourth-order valence-corrected chi connectivity index (χ4v) is 1.64. The lowest BCUT2D eigenvalue weighted by Gasteiger charge is -2.07. The summed E-state index contributed by atoms with van der Waals surface area (Å²) in [7, 11) is 0. The molecule has 0 unspecified atom stereocenters. The third kappa shape index (κ3) is 3.46. The molecule has 22 heavy (non-hydrogen) atoms. The summed E-state index contributed by atoms with van der Waals surface area (Å²) in [6.45, 7) is 0.0281. The Balaban J connectivity index is 1.84. The standard InChI is InChI=1S/C14H11F3N2O3/c15-9-4-3-8(11(16)12(9)17)13(20)18-5-6-19-14(21)10-2-1-7-22-10/h1-4,7H,5-6H2,(H,18,20)(H,19,21). The van der Waals surface area contributed by atoms with E-state index in [1.165, 1.54) is 12.3 Å². The van der Waals surface area contributed by atoms with Crippen molar-refractivity contribution in [2.24, 2.45) is 0 Å². The summed E-state index contributed by atoms with van der Waals surface area (Å²) in [5.74, 6) is -5.92. The van der Waals surface area contributed by atoms with Gasteiger partial charge in [0.15, 0.2) is 23.2 Å². The third-order valence-electron chi connectivity index (χ3n) is 2.72. The summed E-state index contributed by atoms with van der Waals surface area (Å²) < 4.78 is 44.0. The first-order chi connectivity index (χ1) is 10.5. The fraction of sp³-hybridized carbons (Fsp3) is 0.143. The first kappa shape index (κ1) is 15.6. The maximum atomic E-state index is 13.4. The van der Waals surface area contributed by atoms with Crippen LogP contribution in [0.2, 0.25) is 0 Å². The zero-order valence-corrected chi connectivity index (χ0v) is 11.2. The van der Waals surface area contributed by atoms with E-state index < -0.39 is 34.8 Å². The maximum Gasteiger partial charge on any atom is 0.287 e. The topological polar surface area (TPSA) is 71.3 Å². The number of carbonyl (C=O) groups is 2. The Labute approximate surface area is 123 Å². The van der Waals surface area contributed by atoms with Gasteiger partial charge in [0.25, 0.3) is 11.8 Å². The van der Waals surface area contributed by atoms with Gasteiger partial charge in [-0.05, 0) is 24.3 Å². The molecule has 0 aliphatic rings. The van der Waals surface area contributed by atoms with Crippen molar-refractivity contribution in [3.05, 3.63) is 59.3 Å². The molecular formula is C14H11F3N2O3. The highest BCUT2D eigenvalue weighted by molar-refractivity contribution is 5.94. The Hall–Kier alpha value is -2.77. The van der Waals surface area contributed by atoms with E-state index in [1.54, 1.807) is 6.07 Å². The predicted octanol–water partition coefficient (Wildman–Crippen LogP) is 1.86. The molecule has 116 valence electrons. The smallest absolute Gasteiger partial charge is 0.287 e. The van der Waals surface area contributed by atoms with Crippen LogP contribution in [-0.4, -0.2) is 24.9 Å². The molecule has 8 heteroatoms. The SMILES string of the molecule is O=C(NCCNC(=O)c1ccc(F)c(F)c1F)c1ccco1. The Morgan fingerprint density at radius 3 is 2.27 bits per heavy atom. The van der Waals surface area contributed by atoms with Crippen LogP contribution in [0.25, 0.3) is 0 Å². The van der Waals surface area contributed by atoms with Gasteiger partial charge in [-0.25, -0.2) is 13.2 Å². The number of rotatable bonds is 5. The lowest BCUT2D eigenvalue weighted by molar-refractivity contribution is 0.0909. The van der Waals surface area contributed by atoms with Gasteiger partial charge in [0, 0.05) is 13.1 Å². The van der Waals surface area contributed by atoms with Crippen molar-refractivity contribution >= 4 is 11.8 Å². The summed E-state index contributed by atoms with van der Waals surface area (Å²) in [6.07, 6.45) is 1.34. The van der Waals surface area contributed by atoms with Gasteiger partial charge in [0.2, 0.25) is 0 Å². The Morgan fingerprint density at radius 2 is 1.64 bits per heavy atom. The van der Waals surface area contributed by atoms with Crippen molar-refractivity contribution in [3.8, 4) is 0 Å². The molecule has 2 aromatic rings. The first-order valence-corrected chi connectivity index (χ1v) is 6.24. The Kier molecular flexibility index (Phi) is 4.82. The highest BCUT2D eigenvalue weighted by atomic mass is 19.2. The lowest BCUT2D eigenvalue weighted by atomic mass is 10.2. The van der Waals surface area contributed by atoms with Gasteiger partial charge < -0.3 is 15.1 Å².